The number of ether oxygens (including phenoxy) is 1. The topological polar surface area (TPSA) is 42.7 Å². The molecule has 4 heteroatoms. The van der Waals surface area contributed by atoms with E-state index >= 15 is 0 Å². The van der Waals surface area contributed by atoms with Crippen LogP contribution in [0.25, 0.3) is 6.08 Å². The van der Waals surface area contributed by atoms with Crippen molar-refractivity contribution in [3.05, 3.63) is 89.9 Å². The van der Waals surface area contributed by atoms with Crippen LogP contribution >= 0.6 is 0 Å². The lowest BCUT2D eigenvalue weighted by atomic mass is 10.1. The number of anilines is 1. The van der Waals surface area contributed by atoms with Crippen molar-refractivity contribution in [2.24, 2.45) is 0 Å². The van der Waals surface area contributed by atoms with Crippen LogP contribution in [0.4, 0.5) is 5.69 Å². The molecule has 1 amide bonds. The lowest BCUT2D eigenvalue weighted by Gasteiger charge is -2.20. The zero-order valence-corrected chi connectivity index (χ0v) is 14.9. The van der Waals surface area contributed by atoms with Gasteiger partial charge in [0.1, 0.15) is 11.5 Å². The molecule has 3 rings (SSSR count). The summed E-state index contributed by atoms with van der Waals surface area (Å²) in [5.74, 6) is 1.35. The van der Waals surface area contributed by atoms with E-state index in [0.29, 0.717) is 6.54 Å². The van der Waals surface area contributed by atoms with E-state index < -0.39 is 0 Å². The van der Waals surface area contributed by atoms with Crippen LogP contribution in [0.1, 0.15) is 16.9 Å². The van der Waals surface area contributed by atoms with Gasteiger partial charge in [-0.1, -0.05) is 29.8 Å². The van der Waals surface area contributed by atoms with Gasteiger partial charge in [-0.25, -0.2) is 0 Å². The van der Waals surface area contributed by atoms with Gasteiger partial charge in [0.25, 0.3) is 5.91 Å². The molecule has 0 saturated heterocycles. The smallest absolute Gasteiger partial charge is 0.251 e. The minimum atomic E-state index is -0.118. The van der Waals surface area contributed by atoms with Gasteiger partial charge in [-0.3, -0.25) is 4.79 Å². The van der Waals surface area contributed by atoms with Crippen LogP contribution in [0.2, 0.25) is 0 Å². The molecule has 3 aromatic rings. The van der Waals surface area contributed by atoms with Crippen LogP contribution in [-0.4, -0.2) is 13.0 Å². The molecular formula is C22H21NO3. The number of carbonyl (C=O) groups excluding carboxylic acids is 1. The van der Waals surface area contributed by atoms with E-state index in [9.17, 15) is 4.79 Å². The molecule has 0 bridgehead atoms. The maximum absolute atomic E-state index is 12.8. The number of nitrogens with zero attached hydrogens (tertiary/aromatic N) is 1. The van der Waals surface area contributed by atoms with Gasteiger partial charge in [0.15, 0.2) is 0 Å². The van der Waals surface area contributed by atoms with E-state index in [4.69, 9.17) is 9.15 Å². The first kappa shape index (κ1) is 17.5. The zero-order chi connectivity index (χ0) is 18.4. The zero-order valence-electron chi connectivity index (χ0n) is 14.9. The summed E-state index contributed by atoms with van der Waals surface area (Å²) in [4.78, 5) is 14.5. The van der Waals surface area contributed by atoms with Crippen molar-refractivity contribution in [3.63, 3.8) is 0 Å². The molecule has 0 fully saturated rings. The molecule has 26 heavy (non-hydrogen) atoms. The molecule has 132 valence electrons. The molecule has 0 atom stereocenters. The van der Waals surface area contributed by atoms with E-state index in [1.54, 1.807) is 24.3 Å². The molecule has 0 saturated carbocycles. The molecule has 0 spiro atoms. The minimum absolute atomic E-state index is 0.118. The van der Waals surface area contributed by atoms with Crippen molar-refractivity contribution in [1.29, 1.82) is 0 Å². The SMILES string of the molecule is COc1ccc(N(Cc2ccco2)C(=O)/C=C/c2ccc(C)cc2)cc1. The van der Waals surface area contributed by atoms with Gasteiger partial charge < -0.3 is 14.1 Å². The first-order chi connectivity index (χ1) is 12.7. The summed E-state index contributed by atoms with van der Waals surface area (Å²) in [5.41, 5.74) is 2.95. The monoisotopic (exact) mass is 347 g/mol. The first-order valence-electron chi connectivity index (χ1n) is 8.38. The van der Waals surface area contributed by atoms with Crippen molar-refractivity contribution in [3.8, 4) is 5.75 Å². The molecule has 0 N–H and O–H groups in total. The van der Waals surface area contributed by atoms with Crippen molar-refractivity contribution >= 4 is 17.7 Å². The Morgan fingerprint density at radius 1 is 1.08 bits per heavy atom. The number of furan rings is 1. The van der Waals surface area contributed by atoms with Gasteiger partial charge in [-0.2, -0.15) is 0 Å². The summed E-state index contributed by atoms with van der Waals surface area (Å²) in [7, 11) is 1.62. The van der Waals surface area contributed by atoms with Gasteiger partial charge >= 0.3 is 0 Å². The first-order valence-corrected chi connectivity index (χ1v) is 8.38. The van der Waals surface area contributed by atoms with Crippen molar-refractivity contribution < 1.29 is 13.9 Å². The Morgan fingerprint density at radius 3 is 2.42 bits per heavy atom. The molecule has 0 aliphatic heterocycles. The van der Waals surface area contributed by atoms with Crippen molar-refractivity contribution in [2.75, 3.05) is 12.0 Å². The fraction of sp³-hybridized carbons (Fsp3) is 0.136. The summed E-state index contributed by atoms with van der Waals surface area (Å²) in [6.07, 6.45) is 5.01. The van der Waals surface area contributed by atoms with E-state index in [2.05, 4.69) is 0 Å². The second kappa shape index (κ2) is 8.21. The Kier molecular flexibility index (Phi) is 5.54. The lowest BCUT2D eigenvalue weighted by Crippen LogP contribution is -2.28. The minimum Gasteiger partial charge on any atom is -0.497 e. The maximum atomic E-state index is 12.8. The predicted molar refractivity (Wildman–Crippen MR) is 103 cm³/mol. The van der Waals surface area contributed by atoms with Crippen LogP contribution in [0.15, 0.2) is 77.4 Å². The maximum Gasteiger partial charge on any atom is 0.251 e. The largest absolute Gasteiger partial charge is 0.497 e. The summed E-state index contributed by atoms with van der Waals surface area (Å²) in [6, 6.07) is 19.1. The van der Waals surface area contributed by atoms with Crippen LogP contribution in [0.3, 0.4) is 0 Å². The highest BCUT2D eigenvalue weighted by molar-refractivity contribution is 6.03. The number of hydrogen-bond acceptors (Lipinski definition) is 3. The second-order valence-electron chi connectivity index (χ2n) is 5.95. The molecule has 0 radical (unpaired) electrons. The number of amides is 1. The molecule has 0 unspecified atom stereocenters. The number of carbonyl (C=O) groups is 1. The van der Waals surface area contributed by atoms with Crippen LogP contribution in [0, 0.1) is 6.92 Å². The number of methoxy groups -OCH3 is 1. The fourth-order valence-corrected chi connectivity index (χ4v) is 2.55. The number of rotatable bonds is 6. The molecule has 4 nitrogen and oxygen atoms in total. The predicted octanol–water partition coefficient (Wildman–Crippen LogP) is 4.84. The van der Waals surface area contributed by atoms with Gasteiger partial charge in [-0.15, -0.1) is 0 Å². The van der Waals surface area contributed by atoms with Crippen molar-refractivity contribution in [2.45, 2.75) is 13.5 Å². The van der Waals surface area contributed by atoms with Crippen LogP contribution in [0.5, 0.6) is 5.75 Å². The average Bonchev–Trinajstić information content (AvgIpc) is 3.19. The van der Waals surface area contributed by atoms with Gasteiger partial charge in [0.05, 0.1) is 19.9 Å². The van der Waals surface area contributed by atoms with Gasteiger partial charge in [-0.05, 0) is 55.0 Å². The second-order valence-corrected chi connectivity index (χ2v) is 5.95. The molecular weight excluding hydrogens is 326 g/mol. The highest BCUT2D eigenvalue weighted by Crippen LogP contribution is 2.22. The quantitative estimate of drug-likeness (QED) is 0.599. The third-order valence-electron chi connectivity index (χ3n) is 4.04. The highest BCUT2D eigenvalue weighted by atomic mass is 16.5. The van der Waals surface area contributed by atoms with E-state index in [1.165, 1.54) is 5.56 Å². The number of benzene rings is 2. The molecule has 0 aliphatic rings. The molecule has 1 aromatic heterocycles. The third-order valence-corrected chi connectivity index (χ3v) is 4.04. The normalized spacial score (nSPS) is 10.8. The summed E-state index contributed by atoms with van der Waals surface area (Å²) < 4.78 is 10.6. The van der Waals surface area contributed by atoms with Crippen LogP contribution in [-0.2, 0) is 11.3 Å². The van der Waals surface area contributed by atoms with E-state index in [-0.39, 0.29) is 5.91 Å². The Balaban J connectivity index is 1.83. The third kappa shape index (κ3) is 4.42. The lowest BCUT2D eigenvalue weighted by molar-refractivity contribution is -0.114. The Morgan fingerprint density at radius 2 is 1.81 bits per heavy atom. The Bertz CT molecular complexity index is 863. The summed E-state index contributed by atoms with van der Waals surface area (Å²) in [6.45, 7) is 2.39. The highest BCUT2D eigenvalue weighted by Gasteiger charge is 2.15. The van der Waals surface area contributed by atoms with E-state index in [0.717, 1.165) is 22.8 Å². The number of aryl methyl sites for hydroxylation is 1. The standard InChI is InChI=1S/C22H21NO3/c1-17-5-7-18(8-6-17)9-14-22(24)23(16-21-4-3-15-26-21)19-10-12-20(25-2)13-11-19/h3-15H,16H2,1-2H3/b14-9+. The molecule has 2 aromatic carbocycles. The van der Waals surface area contributed by atoms with Gasteiger partial charge in [0, 0.05) is 11.8 Å². The van der Waals surface area contributed by atoms with E-state index in [1.807, 2.05) is 73.7 Å². The van der Waals surface area contributed by atoms with Crippen molar-refractivity contribution in [1.82, 2.24) is 0 Å². The van der Waals surface area contributed by atoms with Gasteiger partial charge in [0.2, 0.25) is 0 Å². The average molecular weight is 347 g/mol. The Labute approximate surface area is 153 Å². The summed E-state index contributed by atoms with van der Waals surface area (Å²) in [5, 5.41) is 0. The number of hydrogen-bond donors (Lipinski definition) is 0. The molecule has 1 heterocycles. The molecule has 0 aliphatic carbocycles. The Hall–Kier alpha value is -3.27. The summed E-state index contributed by atoms with van der Waals surface area (Å²) >= 11 is 0. The fourth-order valence-electron chi connectivity index (χ4n) is 2.55. The van der Waals surface area contributed by atoms with Crippen LogP contribution < -0.4 is 9.64 Å².